The third-order valence-corrected chi connectivity index (χ3v) is 14.5. The van der Waals surface area contributed by atoms with Gasteiger partial charge in [-0.2, -0.15) is 20.2 Å². The van der Waals surface area contributed by atoms with E-state index in [-0.39, 0.29) is 30.2 Å². The first-order chi connectivity index (χ1) is 39.1. The Morgan fingerprint density at radius 1 is 0.617 bits per heavy atom. The summed E-state index contributed by atoms with van der Waals surface area (Å²) in [6.07, 6.45) is 10.8. The van der Waals surface area contributed by atoms with Gasteiger partial charge in [0.2, 0.25) is 11.9 Å². The maximum atomic E-state index is 12.6. The van der Waals surface area contributed by atoms with Crippen molar-refractivity contribution in [3.63, 3.8) is 0 Å². The van der Waals surface area contributed by atoms with Gasteiger partial charge in [-0.05, 0) is 126 Å². The molecule has 6 heterocycles. The molecule has 0 radical (unpaired) electrons. The molecule has 81 heavy (non-hydrogen) atoms. The van der Waals surface area contributed by atoms with Crippen LogP contribution in [0.4, 0.5) is 34.6 Å². The second-order valence-electron chi connectivity index (χ2n) is 20.7. The number of allylic oxidation sites excluding steroid dienone is 2. The van der Waals surface area contributed by atoms with E-state index < -0.39 is 0 Å². The van der Waals surface area contributed by atoms with E-state index in [0.717, 1.165) is 97.4 Å². The van der Waals surface area contributed by atoms with Crippen LogP contribution >= 0.6 is 23.2 Å². The summed E-state index contributed by atoms with van der Waals surface area (Å²) in [5, 5.41) is 33.9. The third kappa shape index (κ3) is 14.9. The number of benzene rings is 4. The summed E-state index contributed by atoms with van der Waals surface area (Å²) in [6.45, 7) is 8.73. The lowest BCUT2D eigenvalue weighted by Crippen LogP contribution is -2.44. The molecule has 20 nitrogen and oxygen atoms in total. The Balaban J connectivity index is 0.000000196. The molecule has 2 aliphatic rings. The Bertz CT molecular complexity index is 3570. The zero-order chi connectivity index (χ0) is 57.2. The van der Waals surface area contributed by atoms with Gasteiger partial charge in [0.15, 0.2) is 22.9 Å². The predicted octanol–water partition coefficient (Wildman–Crippen LogP) is 8.51. The highest BCUT2D eigenvalue weighted by Gasteiger charge is 2.22. The number of anilines is 6. The van der Waals surface area contributed by atoms with E-state index in [2.05, 4.69) is 80.8 Å². The topological polar surface area (TPSA) is 216 Å². The zero-order valence-electron chi connectivity index (χ0n) is 46.7. The number of aromatic amines is 2. The lowest BCUT2D eigenvalue weighted by atomic mass is 10.0. The molecule has 10 rings (SSSR count). The molecule has 0 saturated carbocycles. The third-order valence-electron chi connectivity index (χ3n) is 13.9. The number of aromatic hydroxyl groups is 1. The van der Waals surface area contributed by atoms with E-state index in [1.807, 2.05) is 92.6 Å². The maximum Gasteiger partial charge on any atom is 0.229 e. The minimum Gasteiger partial charge on any atom is -0.506 e. The largest absolute Gasteiger partial charge is 0.506 e. The molecule has 0 atom stereocenters. The fourth-order valence-corrected chi connectivity index (χ4v) is 9.87. The number of piperazine rings is 2. The maximum absolute atomic E-state index is 12.6. The first kappa shape index (κ1) is 57.7. The fourth-order valence-electron chi connectivity index (χ4n) is 9.45. The Kier molecular flexibility index (Phi) is 18.9. The number of nitrogens with one attached hydrogen (secondary N) is 4. The minimum absolute atomic E-state index is 0.0112. The van der Waals surface area contributed by atoms with Crippen molar-refractivity contribution in [2.75, 3.05) is 135 Å². The summed E-state index contributed by atoms with van der Waals surface area (Å²) < 4.78 is 5.67. The molecular weight excluding hydrogens is 1070 g/mol. The highest BCUT2D eigenvalue weighted by atomic mass is 35.5. The Hall–Kier alpha value is -7.98. The van der Waals surface area contributed by atoms with Gasteiger partial charge < -0.3 is 49.9 Å². The van der Waals surface area contributed by atoms with Crippen LogP contribution in [0.5, 0.6) is 11.5 Å². The summed E-state index contributed by atoms with van der Waals surface area (Å²) in [5.41, 5.74) is 8.79. The van der Waals surface area contributed by atoms with Crippen molar-refractivity contribution < 1.29 is 19.4 Å². The highest BCUT2D eigenvalue weighted by Crippen LogP contribution is 2.38. The SMILES string of the molecule is CN(C)C/C=C/C(=O)Cc1ccc(Cl)c(-c2nc(Nc3ccc(O)c(N4CCN(C)CC4)c3)nc3[nH]ncc23)c1.COc1ccc(Nc2nc(-c3cc(CC(=O)/C=C/CN(C)C)ccc3Cl)c3cn[nH]c3n2)cc1N1CCN(C)CC1. The molecule has 8 aromatic rings. The molecule has 5 N–H and O–H groups in total. The number of hydrogen-bond donors (Lipinski definition) is 5. The fraction of sp³-hybridized carbons (Fsp3) is 0.322. The molecule has 0 spiro atoms. The van der Waals surface area contributed by atoms with Crippen molar-refractivity contribution >= 4 is 91.5 Å². The van der Waals surface area contributed by atoms with Crippen LogP contribution in [0.15, 0.2) is 109 Å². The number of phenolic OH excluding ortho intramolecular Hbond substituents is 1. The number of methoxy groups -OCH3 is 1. The van der Waals surface area contributed by atoms with Crippen LogP contribution < -0.4 is 25.2 Å². The van der Waals surface area contributed by atoms with E-state index in [9.17, 15) is 14.7 Å². The van der Waals surface area contributed by atoms with Gasteiger partial charge in [-0.1, -0.05) is 47.5 Å². The van der Waals surface area contributed by atoms with Crippen molar-refractivity contribution in [3.05, 3.63) is 131 Å². The van der Waals surface area contributed by atoms with E-state index in [4.69, 9.17) is 37.9 Å². The second kappa shape index (κ2) is 26.5. The van der Waals surface area contributed by atoms with E-state index in [0.29, 0.717) is 74.2 Å². The van der Waals surface area contributed by atoms with E-state index >= 15 is 0 Å². The van der Waals surface area contributed by atoms with Crippen LogP contribution in [-0.4, -0.2) is 191 Å². The number of aromatic nitrogens is 8. The number of fused-ring (bicyclic) bond motifs is 2. The van der Waals surface area contributed by atoms with Gasteiger partial charge in [0.1, 0.15) is 11.5 Å². The number of likely N-dealkylation sites (N-methyl/N-ethyl adjacent to an activating group) is 4. The van der Waals surface area contributed by atoms with Gasteiger partial charge in [0, 0.05) is 101 Å². The number of ether oxygens (including phenoxy) is 1. The van der Waals surface area contributed by atoms with Crippen molar-refractivity contribution in [1.29, 1.82) is 0 Å². The number of rotatable bonds is 19. The molecule has 2 fully saturated rings. The highest BCUT2D eigenvalue weighted by molar-refractivity contribution is 6.34. The van der Waals surface area contributed by atoms with Crippen LogP contribution in [-0.2, 0) is 22.4 Å². The first-order valence-corrected chi connectivity index (χ1v) is 27.4. The Morgan fingerprint density at radius 3 is 1.52 bits per heavy atom. The number of nitrogens with zero attached hydrogens (tertiary/aromatic N) is 12. The summed E-state index contributed by atoms with van der Waals surface area (Å²) in [6, 6.07) is 22.5. The van der Waals surface area contributed by atoms with Gasteiger partial charge in [0.25, 0.3) is 0 Å². The average Bonchev–Trinajstić information content (AvgIpc) is 4.15. The summed E-state index contributed by atoms with van der Waals surface area (Å²) in [5.74, 6) is 1.84. The molecule has 0 unspecified atom stereocenters. The molecule has 22 heteroatoms. The van der Waals surface area contributed by atoms with Gasteiger partial charge in [-0.15, -0.1) is 0 Å². The van der Waals surface area contributed by atoms with Crippen LogP contribution in [0.1, 0.15) is 11.1 Å². The molecular formula is C59H68Cl2N16O4. The number of carbonyl (C=O) groups excluding carboxylic acids is 2. The van der Waals surface area contributed by atoms with Crippen molar-refractivity contribution in [2.45, 2.75) is 12.8 Å². The minimum atomic E-state index is 0.0112. The number of hydrogen-bond acceptors (Lipinski definition) is 18. The standard InChI is InChI=1S/C30H35ClN8O2.C29H33ClN8O2/c1-37(2)11-5-6-22(40)16-20-7-9-25(31)23(17-20)28-24-19-32-36-29(24)35-30(34-28)33-21-8-10-27(41-4)26(18-21)39-14-12-38(3)13-15-39;1-36(2)10-4-5-21(39)15-19-6-8-24(30)22(16-19)27-23-18-31-35-28(23)34-29(33-27)32-20-7-9-26(40)25(17-20)38-13-11-37(3)12-14-38/h5-10,17-19H,11-16H2,1-4H3,(H2,32,33,34,35,36);4-9,16-18,40H,10-15H2,1-3H3,(H2,31,32,33,34,35)/b6-5+;5-4+. The second-order valence-corrected chi connectivity index (χ2v) is 21.5. The lowest BCUT2D eigenvalue weighted by Gasteiger charge is -2.34. The van der Waals surface area contributed by atoms with Gasteiger partial charge in [0.05, 0.1) is 63.1 Å². The van der Waals surface area contributed by atoms with Crippen LogP contribution in [0, 0.1) is 0 Å². The quantitative estimate of drug-likeness (QED) is 0.0379. The zero-order valence-corrected chi connectivity index (χ0v) is 48.2. The van der Waals surface area contributed by atoms with Crippen molar-refractivity contribution in [3.8, 4) is 34.0 Å². The monoisotopic (exact) mass is 1130 g/mol. The molecule has 0 amide bonds. The number of halogens is 2. The summed E-state index contributed by atoms with van der Waals surface area (Å²) in [4.78, 5) is 57.1. The molecule has 0 aliphatic carbocycles. The van der Waals surface area contributed by atoms with Gasteiger partial charge in [-0.25, -0.2) is 9.97 Å². The number of H-pyrrole nitrogens is 2. The van der Waals surface area contributed by atoms with E-state index in [1.165, 1.54) is 0 Å². The molecule has 4 aromatic carbocycles. The van der Waals surface area contributed by atoms with Crippen molar-refractivity contribution in [1.82, 2.24) is 59.9 Å². The van der Waals surface area contributed by atoms with Gasteiger partial charge in [-0.3, -0.25) is 19.8 Å². The molecule has 0 bridgehead atoms. The Morgan fingerprint density at radius 2 is 1.06 bits per heavy atom. The molecule has 2 aliphatic heterocycles. The van der Waals surface area contributed by atoms with Gasteiger partial charge >= 0.3 is 0 Å². The molecule has 2 saturated heterocycles. The number of carbonyl (C=O) groups is 2. The lowest BCUT2D eigenvalue weighted by molar-refractivity contribution is -0.114. The van der Waals surface area contributed by atoms with Crippen LogP contribution in [0.3, 0.4) is 0 Å². The van der Waals surface area contributed by atoms with Crippen molar-refractivity contribution in [2.24, 2.45) is 0 Å². The van der Waals surface area contributed by atoms with Crippen LogP contribution in [0.2, 0.25) is 10.0 Å². The van der Waals surface area contributed by atoms with Crippen LogP contribution in [0.25, 0.3) is 44.6 Å². The molecule has 4 aromatic heterocycles. The smallest absolute Gasteiger partial charge is 0.229 e. The number of ketones is 2. The predicted molar refractivity (Wildman–Crippen MR) is 324 cm³/mol. The van der Waals surface area contributed by atoms with E-state index in [1.54, 1.807) is 55.9 Å². The normalized spacial score (nSPS) is 14.4. The molecule has 422 valence electrons. The first-order valence-electron chi connectivity index (χ1n) is 26.7. The summed E-state index contributed by atoms with van der Waals surface area (Å²) >= 11 is 13.3. The summed E-state index contributed by atoms with van der Waals surface area (Å²) in [7, 11) is 13.8. The average molecular weight is 1140 g/mol. The number of phenols is 1. The Labute approximate surface area is 481 Å².